The number of rotatable bonds is 3. The van der Waals surface area contributed by atoms with Crippen molar-refractivity contribution in [1.82, 2.24) is 0 Å². The average Bonchev–Trinajstić information content (AvgIpc) is 2.48. The van der Waals surface area contributed by atoms with E-state index in [2.05, 4.69) is 24.0 Å². The number of para-hydroxylation sites is 1. The van der Waals surface area contributed by atoms with E-state index in [0.717, 1.165) is 12.1 Å². The van der Waals surface area contributed by atoms with E-state index in [-0.39, 0.29) is 12.4 Å². The molecule has 112 valence electrons. The summed E-state index contributed by atoms with van der Waals surface area (Å²) < 4.78 is 0. The Hall–Kier alpha value is -1.71. The van der Waals surface area contributed by atoms with E-state index >= 15 is 0 Å². The van der Waals surface area contributed by atoms with Gasteiger partial charge >= 0.3 is 0 Å². The van der Waals surface area contributed by atoms with Crippen molar-refractivity contribution in [3.05, 3.63) is 59.1 Å². The van der Waals surface area contributed by atoms with Crippen LogP contribution in [-0.2, 0) is 6.42 Å². The van der Waals surface area contributed by atoms with E-state index < -0.39 is 0 Å². The van der Waals surface area contributed by atoms with Gasteiger partial charge < -0.3 is 10.6 Å². The standard InChI is InChI=1S/C16H18ClN3.ClH/c1-3-12-7-6-8-13(11-12)20(2)16(18)19-15-10-5-4-9-14(15)17;/h4-11H,3H2,1-2H3,(H2,18,19);1H. The molecule has 0 amide bonds. The summed E-state index contributed by atoms with van der Waals surface area (Å²) >= 11 is 6.09. The second-order valence-electron chi connectivity index (χ2n) is 4.50. The maximum atomic E-state index is 6.09. The molecule has 0 aliphatic carbocycles. The zero-order valence-corrected chi connectivity index (χ0v) is 13.7. The van der Waals surface area contributed by atoms with E-state index in [1.807, 2.05) is 42.3 Å². The first kappa shape index (κ1) is 17.3. The zero-order valence-electron chi connectivity index (χ0n) is 12.1. The molecule has 0 saturated carbocycles. The van der Waals surface area contributed by atoms with Crippen molar-refractivity contribution in [3.63, 3.8) is 0 Å². The van der Waals surface area contributed by atoms with Crippen LogP contribution >= 0.6 is 24.0 Å². The van der Waals surface area contributed by atoms with Gasteiger partial charge in [-0.2, -0.15) is 0 Å². The van der Waals surface area contributed by atoms with Crippen molar-refractivity contribution in [2.75, 3.05) is 11.9 Å². The fourth-order valence-corrected chi connectivity index (χ4v) is 2.04. The molecule has 0 aliphatic rings. The van der Waals surface area contributed by atoms with Gasteiger partial charge in [-0.3, -0.25) is 0 Å². The molecule has 0 radical (unpaired) electrons. The van der Waals surface area contributed by atoms with Crippen molar-refractivity contribution in [1.29, 1.82) is 0 Å². The second-order valence-corrected chi connectivity index (χ2v) is 4.91. The Labute approximate surface area is 136 Å². The Kier molecular flexibility index (Phi) is 6.53. The number of hydrogen-bond donors (Lipinski definition) is 1. The first-order valence-electron chi connectivity index (χ1n) is 6.53. The average molecular weight is 324 g/mol. The van der Waals surface area contributed by atoms with Crippen LogP contribution in [0.2, 0.25) is 5.02 Å². The molecule has 2 aromatic rings. The first-order valence-corrected chi connectivity index (χ1v) is 6.91. The minimum absolute atomic E-state index is 0. The smallest absolute Gasteiger partial charge is 0.200 e. The van der Waals surface area contributed by atoms with Gasteiger partial charge in [0.1, 0.15) is 0 Å². The van der Waals surface area contributed by atoms with Crippen molar-refractivity contribution < 1.29 is 0 Å². The molecule has 0 heterocycles. The summed E-state index contributed by atoms with van der Waals surface area (Å²) in [6.07, 6.45) is 0.989. The second kappa shape index (κ2) is 7.91. The van der Waals surface area contributed by atoms with Crippen molar-refractivity contribution >= 4 is 41.3 Å². The first-order chi connectivity index (χ1) is 9.61. The lowest BCUT2D eigenvalue weighted by Crippen LogP contribution is -2.33. The lowest BCUT2D eigenvalue weighted by molar-refractivity contribution is 1.13. The number of aliphatic imine (C=N–C) groups is 1. The topological polar surface area (TPSA) is 41.6 Å². The Morgan fingerprint density at radius 2 is 1.90 bits per heavy atom. The summed E-state index contributed by atoms with van der Waals surface area (Å²) in [5.41, 5.74) is 9.01. The third-order valence-corrected chi connectivity index (χ3v) is 3.46. The highest BCUT2D eigenvalue weighted by Crippen LogP contribution is 2.24. The molecule has 2 aromatic carbocycles. The van der Waals surface area contributed by atoms with E-state index in [0.29, 0.717) is 16.7 Å². The molecule has 2 N–H and O–H groups in total. The van der Waals surface area contributed by atoms with Gasteiger partial charge in [-0.05, 0) is 36.2 Å². The van der Waals surface area contributed by atoms with Crippen LogP contribution in [0.25, 0.3) is 0 Å². The van der Waals surface area contributed by atoms with Gasteiger partial charge in [0.15, 0.2) is 0 Å². The van der Waals surface area contributed by atoms with Gasteiger partial charge in [0.05, 0.1) is 10.7 Å². The van der Waals surface area contributed by atoms with Crippen LogP contribution in [-0.4, -0.2) is 13.0 Å². The SMILES string of the molecule is CCc1cccc(N(C)C(N)=Nc2ccccc2Cl)c1.Cl. The van der Waals surface area contributed by atoms with Gasteiger partial charge in [-0.15, -0.1) is 12.4 Å². The van der Waals surface area contributed by atoms with Crippen LogP contribution in [0.5, 0.6) is 0 Å². The van der Waals surface area contributed by atoms with Gasteiger partial charge in [0, 0.05) is 12.7 Å². The molecular weight excluding hydrogens is 305 g/mol. The number of nitrogens with zero attached hydrogens (tertiary/aromatic N) is 2. The van der Waals surface area contributed by atoms with E-state index in [4.69, 9.17) is 17.3 Å². The van der Waals surface area contributed by atoms with Crippen LogP contribution < -0.4 is 10.6 Å². The summed E-state index contributed by atoms with van der Waals surface area (Å²) in [5.74, 6) is 0.409. The summed E-state index contributed by atoms with van der Waals surface area (Å²) in [6.45, 7) is 2.13. The Balaban J connectivity index is 0.00000220. The van der Waals surface area contributed by atoms with Crippen molar-refractivity contribution in [2.24, 2.45) is 10.7 Å². The molecule has 0 aromatic heterocycles. The zero-order chi connectivity index (χ0) is 14.5. The number of guanidine groups is 1. The number of anilines is 1. The minimum atomic E-state index is 0. The fourth-order valence-electron chi connectivity index (χ4n) is 1.86. The monoisotopic (exact) mass is 323 g/mol. The molecular formula is C16H19Cl2N3. The molecule has 0 spiro atoms. The fraction of sp³-hybridized carbons (Fsp3) is 0.188. The lowest BCUT2D eigenvalue weighted by Gasteiger charge is -2.19. The quantitative estimate of drug-likeness (QED) is 0.671. The third-order valence-electron chi connectivity index (χ3n) is 3.14. The number of benzene rings is 2. The molecule has 0 fully saturated rings. The predicted molar refractivity (Wildman–Crippen MR) is 94.2 cm³/mol. The van der Waals surface area contributed by atoms with Crippen LogP contribution in [0, 0.1) is 0 Å². The summed E-state index contributed by atoms with van der Waals surface area (Å²) in [6, 6.07) is 15.6. The Morgan fingerprint density at radius 1 is 1.19 bits per heavy atom. The molecule has 21 heavy (non-hydrogen) atoms. The summed E-state index contributed by atoms with van der Waals surface area (Å²) in [4.78, 5) is 6.23. The maximum absolute atomic E-state index is 6.09. The molecule has 5 heteroatoms. The van der Waals surface area contributed by atoms with Gasteiger partial charge in [0.2, 0.25) is 5.96 Å². The molecule has 0 unspecified atom stereocenters. The normalized spacial score (nSPS) is 10.9. The number of hydrogen-bond acceptors (Lipinski definition) is 1. The Morgan fingerprint density at radius 3 is 2.57 bits per heavy atom. The third kappa shape index (κ3) is 4.38. The molecule has 0 saturated heterocycles. The molecule has 0 atom stereocenters. The molecule has 0 bridgehead atoms. The largest absolute Gasteiger partial charge is 0.369 e. The number of nitrogens with two attached hydrogens (primary N) is 1. The van der Waals surface area contributed by atoms with Crippen LogP contribution in [0.4, 0.5) is 11.4 Å². The van der Waals surface area contributed by atoms with Crippen molar-refractivity contribution in [2.45, 2.75) is 13.3 Å². The highest BCUT2D eigenvalue weighted by Gasteiger charge is 2.07. The summed E-state index contributed by atoms with van der Waals surface area (Å²) in [5, 5.41) is 0.589. The lowest BCUT2D eigenvalue weighted by atomic mass is 10.1. The van der Waals surface area contributed by atoms with Crippen molar-refractivity contribution in [3.8, 4) is 0 Å². The van der Waals surface area contributed by atoms with E-state index in [1.54, 1.807) is 6.07 Å². The van der Waals surface area contributed by atoms with E-state index in [1.165, 1.54) is 5.56 Å². The van der Waals surface area contributed by atoms with Crippen LogP contribution in [0.3, 0.4) is 0 Å². The highest BCUT2D eigenvalue weighted by atomic mass is 35.5. The predicted octanol–water partition coefficient (Wildman–Crippen LogP) is 4.41. The molecule has 2 rings (SSSR count). The van der Waals surface area contributed by atoms with Gasteiger partial charge in [0.25, 0.3) is 0 Å². The van der Waals surface area contributed by atoms with Gasteiger partial charge in [-0.1, -0.05) is 42.8 Å². The number of aryl methyl sites for hydroxylation is 1. The number of halogens is 2. The summed E-state index contributed by atoms with van der Waals surface area (Å²) in [7, 11) is 1.89. The van der Waals surface area contributed by atoms with E-state index in [9.17, 15) is 0 Å². The molecule has 0 aliphatic heterocycles. The Bertz CT molecular complexity index is 626. The minimum Gasteiger partial charge on any atom is -0.369 e. The highest BCUT2D eigenvalue weighted by molar-refractivity contribution is 6.33. The molecule has 3 nitrogen and oxygen atoms in total. The maximum Gasteiger partial charge on any atom is 0.200 e. The van der Waals surface area contributed by atoms with Crippen LogP contribution in [0.1, 0.15) is 12.5 Å². The van der Waals surface area contributed by atoms with Crippen LogP contribution in [0.15, 0.2) is 53.5 Å². The van der Waals surface area contributed by atoms with Gasteiger partial charge in [-0.25, -0.2) is 4.99 Å².